The summed E-state index contributed by atoms with van der Waals surface area (Å²) < 4.78 is 5.36. The number of carbonyl (C=O) groups excluding carboxylic acids is 1. The number of carbonyl (C=O) groups is 1. The van der Waals surface area contributed by atoms with Crippen LogP contribution in [0.3, 0.4) is 0 Å². The highest BCUT2D eigenvalue weighted by molar-refractivity contribution is 6.30. The zero-order valence-electron chi connectivity index (χ0n) is 15.0. The first-order valence-electron chi connectivity index (χ1n) is 8.99. The molecule has 0 aliphatic carbocycles. The molecule has 3 heterocycles. The van der Waals surface area contributed by atoms with Crippen LogP contribution < -0.4 is 10.6 Å². The monoisotopic (exact) mass is 384 g/mol. The van der Waals surface area contributed by atoms with E-state index in [1.165, 1.54) is 0 Å². The van der Waals surface area contributed by atoms with Gasteiger partial charge in [0.25, 0.3) is 5.91 Å². The summed E-state index contributed by atoms with van der Waals surface area (Å²) in [5, 5.41) is 7.90. The summed E-state index contributed by atoms with van der Waals surface area (Å²) in [6.45, 7) is 3.35. The Morgan fingerprint density at radius 2 is 2.15 bits per heavy atom. The van der Waals surface area contributed by atoms with E-state index in [9.17, 15) is 4.79 Å². The molecule has 3 N–H and O–H groups in total. The van der Waals surface area contributed by atoms with Crippen LogP contribution in [-0.2, 0) is 4.74 Å². The maximum absolute atomic E-state index is 12.8. The molecule has 7 heteroatoms. The number of ether oxygens (including phenoxy) is 1. The van der Waals surface area contributed by atoms with Gasteiger partial charge in [-0.3, -0.25) is 4.79 Å². The molecular formula is C20H21ClN4O2. The second kappa shape index (κ2) is 7.58. The molecule has 1 saturated heterocycles. The number of hydrogen-bond acceptors (Lipinski definition) is 4. The molecule has 0 saturated carbocycles. The number of rotatable bonds is 4. The maximum Gasteiger partial charge on any atom is 0.253 e. The van der Waals surface area contributed by atoms with Crippen molar-refractivity contribution in [2.24, 2.45) is 0 Å². The first-order chi connectivity index (χ1) is 13.1. The van der Waals surface area contributed by atoms with Gasteiger partial charge in [-0.15, -0.1) is 0 Å². The van der Waals surface area contributed by atoms with Crippen molar-refractivity contribution in [2.45, 2.75) is 25.8 Å². The van der Waals surface area contributed by atoms with Crippen molar-refractivity contribution in [3.8, 4) is 0 Å². The predicted molar refractivity (Wildman–Crippen MR) is 107 cm³/mol. The summed E-state index contributed by atoms with van der Waals surface area (Å²) in [6.07, 6.45) is 5.19. The van der Waals surface area contributed by atoms with Gasteiger partial charge in [0, 0.05) is 47.7 Å². The van der Waals surface area contributed by atoms with Crippen LogP contribution in [0, 0.1) is 6.92 Å². The van der Waals surface area contributed by atoms with Crippen molar-refractivity contribution in [2.75, 3.05) is 18.5 Å². The van der Waals surface area contributed by atoms with E-state index in [1.807, 2.05) is 37.4 Å². The highest BCUT2D eigenvalue weighted by Gasteiger charge is 2.21. The smallest absolute Gasteiger partial charge is 0.253 e. The number of aromatic nitrogens is 2. The minimum atomic E-state index is -0.101. The minimum Gasteiger partial charge on any atom is -0.381 e. The standard InChI is InChI=1S/C20H21ClN4O2/c1-12-10-22-18-17(12)16(20(26)25-14-5-7-27-8-6-14)11-23-19(18)24-15-4-2-3-13(21)9-15/h2-4,9-11,14,22H,5-8H2,1H3,(H,23,24)(H,25,26). The molecule has 0 unspecified atom stereocenters. The first-order valence-corrected chi connectivity index (χ1v) is 9.37. The van der Waals surface area contributed by atoms with Crippen LogP contribution >= 0.6 is 11.6 Å². The number of nitrogens with one attached hydrogen (secondary N) is 3. The molecule has 1 aliphatic heterocycles. The lowest BCUT2D eigenvalue weighted by Crippen LogP contribution is -2.39. The van der Waals surface area contributed by atoms with Crippen molar-refractivity contribution in [3.05, 3.63) is 52.8 Å². The lowest BCUT2D eigenvalue weighted by atomic mass is 10.1. The Labute approximate surface area is 162 Å². The van der Waals surface area contributed by atoms with Gasteiger partial charge in [0.1, 0.15) is 0 Å². The van der Waals surface area contributed by atoms with Crippen molar-refractivity contribution in [3.63, 3.8) is 0 Å². The van der Waals surface area contributed by atoms with E-state index < -0.39 is 0 Å². The van der Waals surface area contributed by atoms with Gasteiger partial charge in [0.05, 0.1) is 11.1 Å². The molecule has 4 rings (SSSR count). The van der Waals surface area contributed by atoms with E-state index in [2.05, 4.69) is 20.6 Å². The first kappa shape index (κ1) is 17.8. The topological polar surface area (TPSA) is 79.0 Å². The number of nitrogens with zero attached hydrogens (tertiary/aromatic N) is 1. The van der Waals surface area contributed by atoms with Crippen molar-refractivity contribution >= 4 is 39.9 Å². The number of pyridine rings is 1. The zero-order valence-corrected chi connectivity index (χ0v) is 15.8. The summed E-state index contributed by atoms with van der Waals surface area (Å²) in [4.78, 5) is 20.6. The number of aromatic amines is 1. The maximum atomic E-state index is 12.8. The van der Waals surface area contributed by atoms with Crippen LogP contribution in [0.15, 0.2) is 36.7 Å². The SMILES string of the molecule is Cc1c[nH]c2c(Nc3cccc(Cl)c3)ncc(C(=O)NC3CCOCC3)c12. The van der Waals surface area contributed by atoms with Crippen molar-refractivity contribution in [1.82, 2.24) is 15.3 Å². The van der Waals surface area contributed by atoms with E-state index in [-0.39, 0.29) is 11.9 Å². The van der Waals surface area contributed by atoms with Gasteiger partial charge in [0.15, 0.2) is 5.82 Å². The van der Waals surface area contributed by atoms with Crippen LogP contribution in [0.5, 0.6) is 0 Å². The third-order valence-corrected chi connectivity index (χ3v) is 5.03. The highest BCUT2D eigenvalue weighted by atomic mass is 35.5. The Hall–Kier alpha value is -2.57. The predicted octanol–water partition coefficient (Wildman–Crippen LogP) is 4.18. The lowest BCUT2D eigenvalue weighted by molar-refractivity contribution is 0.0697. The molecule has 0 atom stereocenters. The van der Waals surface area contributed by atoms with Gasteiger partial charge in [-0.25, -0.2) is 4.98 Å². The highest BCUT2D eigenvalue weighted by Crippen LogP contribution is 2.29. The molecule has 140 valence electrons. The van der Waals surface area contributed by atoms with Gasteiger partial charge in [0.2, 0.25) is 0 Å². The lowest BCUT2D eigenvalue weighted by Gasteiger charge is -2.23. The summed E-state index contributed by atoms with van der Waals surface area (Å²) in [7, 11) is 0. The molecule has 1 aromatic carbocycles. The van der Waals surface area contributed by atoms with Crippen LogP contribution in [0.25, 0.3) is 10.9 Å². The molecule has 1 aliphatic rings. The molecule has 1 amide bonds. The van der Waals surface area contributed by atoms with Crippen LogP contribution in [0.4, 0.5) is 11.5 Å². The van der Waals surface area contributed by atoms with Gasteiger partial charge in [-0.05, 0) is 43.5 Å². The second-order valence-corrected chi connectivity index (χ2v) is 7.17. The van der Waals surface area contributed by atoms with Crippen LogP contribution in [-0.4, -0.2) is 35.1 Å². The molecular weight excluding hydrogens is 364 g/mol. The van der Waals surface area contributed by atoms with E-state index in [4.69, 9.17) is 16.3 Å². The number of fused-ring (bicyclic) bond motifs is 1. The molecule has 6 nitrogen and oxygen atoms in total. The normalized spacial score (nSPS) is 15.0. The largest absolute Gasteiger partial charge is 0.381 e. The van der Waals surface area contributed by atoms with E-state index in [0.29, 0.717) is 29.6 Å². The quantitative estimate of drug-likeness (QED) is 0.630. The Kier molecular flexibility index (Phi) is 5.01. The minimum absolute atomic E-state index is 0.101. The molecule has 0 spiro atoms. The molecule has 2 aromatic heterocycles. The summed E-state index contributed by atoms with van der Waals surface area (Å²) in [5.41, 5.74) is 3.21. The number of amides is 1. The summed E-state index contributed by atoms with van der Waals surface area (Å²) >= 11 is 6.06. The van der Waals surface area contributed by atoms with Crippen LogP contribution in [0.1, 0.15) is 28.8 Å². The number of aryl methyl sites for hydroxylation is 1. The third kappa shape index (κ3) is 3.77. The fourth-order valence-electron chi connectivity index (χ4n) is 3.39. The van der Waals surface area contributed by atoms with E-state index in [0.717, 1.165) is 35.0 Å². The molecule has 3 aromatic rings. The summed E-state index contributed by atoms with van der Waals surface area (Å²) in [5.74, 6) is 0.555. The van der Waals surface area contributed by atoms with Gasteiger partial charge < -0.3 is 20.4 Å². The van der Waals surface area contributed by atoms with Crippen molar-refractivity contribution in [1.29, 1.82) is 0 Å². The Morgan fingerprint density at radius 3 is 2.93 bits per heavy atom. The fourth-order valence-corrected chi connectivity index (χ4v) is 3.58. The number of hydrogen-bond donors (Lipinski definition) is 3. The van der Waals surface area contributed by atoms with E-state index in [1.54, 1.807) is 6.20 Å². The fraction of sp³-hybridized carbons (Fsp3) is 0.300. The van der Waals surface area contributed by atoms with Gasteiger partial charge >= 0.3 is 0 Å². The molecule has 1 fully saturated rings. The zero-order chi connectivity index (χ0) is 18.8. The average molecular weight is 385 g/mol. The number of halogens is 1. The number of H-pyrrole nitrogens is 1. The summed E-state index contributed by atoms with van der Waals surface area (Å²) in [6, 6.07) is 7.58. The average Bonchev–Trinajstić information content (AvgIpc) is 3.05. The molecule has 0 radical (unpaired) electrons. The Morgan fingerprint density at radius 1 is 1.33 bits per heavy atom. The Bertz CT molecular complexity index is 979. The molecule has 27 heavy (non-hydrogen) atoms. The number of anilines is 2. The van der Waals surface area contributed by atoms with Crippen molar-refractivity contribution < 1.29 is 9.53 Å². The second-order valence-electron chi connectivity index (χ2n) is 6.74. The van der Waals surface area contributed by atoms with E-state index >= 15 is 0 Å². The van der Waals surface area contributed by atoms with Gasteiger partial charge in [-0.1, -0.05) is 17.7 Å². The number of benzene rings is 1. The van der Waals surface area contributed by atoms with Gasteiger partial charge in [-0.2, -0.15) is 0 Å². The Balaban J connectivity index is 1.65. The van der Waals surface area contributed by atoms with Crippen LogP contribution in [0.2, 0.25) is 5.02 Å². The molecule has 0 bridgehead atoms. The third-order valence-electron chi connectivity index (χ3n) is 4.79.